The Morgan fingerprint density at radius 3 is 2.52 bits per heavy atom. The predicted molar refractivity (Wildman–Crippen MR) is 117 cm³/mol. The van der Waals surface area contributed by atoms with E-state index in [1.807, 2.05) is 12.1 Å². The third-order valence-electron chi connectivity index (χ3n) is 5.38. The zero-order chi connectivity index (χ0) is 16.8. The van der Waals surface area contributed by atoms with Crippen LogP contribution < -0.4 is 11.1 Å². The second kappa shape index (κ2) is 10.6. The summed E-state index contributed by atoms with van der Waals surface area (Å²) in [7, 11) is 0. The smallest absolute Gasteiger partial charge is 0.188 e. The monoisotopic (exact) mass is 476 g/mol. The largest absolute Gasteiger partial charge is 0.370 e. The van der Waals surface area contributed by atoms with Crippen LogP contribution >= 0.6 is 35.6 Å². The quantitative estimate of drug-likeness (QED) is 0.372. The van der Waals surface area contributed by atoms with Crippen LogP contribution in [0.1, 0.15) is 37.7 Å². The topological polar surface area (TPSA) is 53.6 Å². The van der Waals surface area contributed by atoms with Gasteiger partial charge in [-0.15, -0.1) is 24.0 Å². The minimum Gasteiger partial charge on any atom is -0.370 e. The molecule has 6 heteroatoms. The number of piperidine rings is 1. The molecular weight excluding hydrogens is 447 g/mol. The highest BCUT2D eigenvalue weighted by Gasteiger charge is 2.20. The standard InChI is InChI=1S/C19H29ClN4.HI/c20-18-7-2-1-6-17(18)14-24-10-8-16(9-11-24)13-23-19(21)22-12-15-4-3-5-15;/h1-2,6-7,15-16H,3-5,8-14H2,(H3,21,22,23);1H. The van der Waals surface area contributed by atoms with E-state index in [1.165, 1.54) is 37.7 Å². The van der Waals surface area contributed by atoms with E-state index >= 15 is 0 Å². The summed E-state index contributed by atoms with van der Waals surface area (Å²) < 4.78 is 0. The number of nitrogens with one attached hydrogen (secondary N) is 1. The Balaban J connectivity index is 0.00000225. The van der Waals surface area contributed by atoms with E-state index < -0.39 is 0 Å². The van der Waals surface area contributed by atoms with Gasteiger partial charge in [0.15, 0.2) is 5.96 Å². The van der Waals surface area contributed by atoms with Gasteiger partial charge in [0.2, 0.25) is 0 Å². The van der Waals surface area contributed by atoms with Crippen LogP contribution in [0.3, 0.4) is 0 Å². The van der Waals surface area contributed by atoms with Crippen LogP contribution in [0, 0.1) is 11.8 Å². The predicted octanol–water partition coefficient (Wildman–Crippen LogP) is 3.87. The van der Waals surface area contributed by atoms with Crippen molar-refractivity contribution in [3.05, 3.63) is 34.9 Å². The van der Waals surface area contributed by atoms with Crippen molar-refractivity contribution in [2.75, 3.05) is 26.2 Å². The average Bonchev–Trinajstić information content (AvgIpc) is 2.55. The molecule has 0 radical (unpaired) electrons. The van der Waals surface area contributed by atoms with E-state index in [0.29, 0.717) is 11.9 Å². The maximum absolute atomic E-state index is 6.26. The molecule has 1 heterocycles. The molecule has 1 aromatic carbocycles. The molecule has 0 amide bonds. The minimum atomic E-state index is 0. The number of halogens is 2. The molecule has 1 saturated heterocycles. The number of likely N-dealkylation sites (tertiary alicyclic amines) is 1. The van der Waals surface area contributed by atoms with Crippen LogP contribution in [0.15, 0.2) is 29.3 Å². The fourth-order valence-corrected chi connectivity index (χ4v) is 3.62. The Labute approximate surface area is 173 Å². The lowest BCUT2D eigenvalue weighted by atomic mass is 9.86. The molecule has 2 aliphatic rings. The lowest BCUT2D eigenvalue weighted by Crippen LogP contribution is -2.40. The number of nitrogens with two attached hydrogens (primary N) is 1. The first-order valence-electron chi connectivity index (χ1n) is 9.20. The molecule has 3 N–H and O–H groups in total. The number of guanidine groups is 1. The SMILES string of the molecule is I.NC(=NCC1CCC1)NCC1CCN(Cc2ccccc2Cl)CC1. The number of benzene rings is 1. The average molecular weight is 477 g/mol. The van der Waals surface area contributed by atoms with Gasteiger partial charge >= 0.3 is 0 Å². The second-order valence-electron chi connectivity index (χ2n) is 7.21. The molecule has 0 atom stereocenters. The van der Waals surface area contributed by atoms with Crippen LogP contribution in [0.25, 0.3) is 0 Å². The number of aliphatic imine (C=N–C) groups is 1. The molecule has 1 saturated carbocycles. The van der Waals surface area contributed by atoms with Gasteiger partial charge in [-0.3, -0.25) is 9.89 Å². The lowest BCUT2D eigenvalue weighted by molar-refractivity contribution is 0.178. The highest BCUT2D eigenvalue weighted by molar-refractivity contribution is 14.0. The molecular formula is C19H30ClIN4. The maximum atomic E-state index is 6.26. The lowest BCUT2D eigenvalue weighted by Gasteiger charge is -2.32. The van der Waals surface area contributed by atoms with Gasteiger partial charge in [0.25, 0.3) is 0 Å². The third-order valence-corrected chi connectivity index (χ3v) is 5.74. The van der Waals surface area contributed by atoms with E-state index in [2.05, 4.69) is 27.3 Å². The van der Waals surface area contributed by atoms with Crippen LogP contribution in [-0.4, -0.2) is 37.0 Å². The van der Waals surface area contributed by atoms with Crippen LogP contribution in [0.5, 0.6) is 0 Å². The zero-order valence-electron chi connectivity index (χ0n) is 14.8. The third kappa shape index (κ3) is 6.61. The van der Waals surface area contributed by atoms with E-state index in [0.717, 1.165) is 43.7 Å². The van der Waals surface area contributed by atoms with Crippen LogP contribution in [0.2, 0.25) is 5.02 Å². The van der Waals surface area contributed by atoms with Gasteiger partial charge < -0.3 is 11.1 Å². The van der Waals surface area contributed by atoms with Crippen LogP contribution in [-0.2, 0) is 6.54 Å². The van der Waals surface area contributed by atoms with Crippen molar-refractivity contribution in [3.8, 4) is 0 Å². The number of hydrogen-bond acceptors (Lipinski definition) is 2. The van der Waals surface area contributed by atoms with Crippen molar-refractivity contribution in [2.45, 2.75) is 38.6 Å². The van der Waals surface area contributed by atoms with Gasteiger partial charge in [0.05, 0.1) is 0 Å². The Bertz CT molecular complexity index is 554. The fourth-order valence-electron chi connectivity index (χ4n) is 3.42. The molecule has 25 heavy (non-hydrogen) atoms. The Kier molecular flexibility index (Phi) is 8.79. The van der Waals surface area contributed by atoms with Gasteiger partial charge in [-0.2, -0.15) is 0 Å². The van der Waals surface area contributed by atoms with Gasteiger partial charge in [0.1, 0.15) is 0 Å². The van der Waals surface area contributed by atoms with Gasteiger partial charge in [-0.25, -0.2) is 0 Å². The van der Waals surface area contributed by atoms with Crippen molar-refractivity contribution in [3.63, 3.8) is 0 Å². The molecule has 2 fully saturated rings. The molecule has 3 rings (SSSR count). The van der Waals surface area contributed by atoms with Gasteiger partial charge in [-0.05, 0) is 62.2 Å². The number of nitrogens with zero attached hydrogens (tertiary/aromatic N) is 2. The molecule has 0 spiro atoms. The van der Waals surface area contributed by atoms with Crippen molar-refractivity contribution in [2.24, 2.45) is 22.6 Å². The Morgan fingerprint density at radius 1 is 1.16 bits per heavy atom. The first kappa shape index (κ1) is 20.8. The molecule has 4 nitrogen and oxygen atoms in total. The van der Waals surface area contributed by atoms with E-state index in [1.54, 1.807) is 0 Å². The first-order valence-corrected chi connectivity index (χ1v) is 9.58. The van der Waals surface area contributed by atoms with Gasteiger partial charge in [-0.1, -0.05) is 36.2 Å². The van der Waals surface area contributed by atoms with Gasteiger partial charge in [0, 0.05) is 24.7 Å². The highest BCUT2D eigenvalue weighted by Crippen LogP contribution is 2.26. The van der Waals surface area contributed by atoms with Crippen LogP contribution in [0.4, 0.5) is 0 Å². The summed E-state index contributed by atoms with van der Waals surface area (Å²) in [6.07, 6.45) is 6.41. The summed E-state index contributed by atoms with van der Waals surface area (Å²) in [5.74, 6) is 2.09. The summed E-state index contributed by atoms with van der Waals surface area (Å²) >= 11 is 6.26. The maximum Gasteiger partial charge on any atom is 0.188 e. The molecule has 1 aliphatic carbocycles. The van der Waals surface area contributed by atoms with E-state index in [-0.39, 0.29) is 24.0 Å². The Morgan fingerprint density at radius 2 is 1.88 bits per heavy atom. The molecule has 1 aliphatic heterocycles. The summed E-state index contributed by atoms with van der Waals surface area (Å²) in [5, 5.41) is 4.19. The van der Waals surface area contributed by atoms with Crippen molar-refractivity contribution in [1.29, 1.82) is 0 Å². The summed E-state index contributed by atoms with van der Waals surface area (Å²) in [6, 6.07) is 8.14. The second-order valence-corrected chi connectivity index (χ2v) is 7.62. The molecule has 140 valence electrons. The normalized spacial score (nSPS) is 20.0. The Hall–Kier alpha value is -0.530. The van der Waals surface area contributed by atoms with E-state index in [4.69, 9.17) is 17.3 Å². The molecule has 1 aromatic rings. The van der Waals surface area contributed by atoms with Crippen molar-refractivity contribution < 1.29 is 0 Å². The van der Waals surface area contributed by atoms with E-state index in [9.17, 15) is 0 Å². The summed E-state index contributed by atoms with van der Waals surface area (Å²) in [4.78, 5) is 6.96. The number of hydrogen-bond donors (Lipinski definition) is 2. The van der Waals surface area contributed by atoms with Crippen molar-refractivity contribution >= 4 is 41.5 Å². The summed E-state index contributed by atoms with van der Waals surface area (Å²) in [6.45, 7) is 5.03. The fraction of sp³-hybridized carbons (Fsp3) is 0.632. The molecule has 0 aromatic heterocycles. The number of rotatable bonds is 6. The first-order chi connectivity index (χ1) is 11.7. The zero-order valence-corrected chi connectivity index (χ0v) is 17.9. The summed E-state index contributed by atoms with van der Waals surface area (Å²) in [5.41, 5.74) is 7.20. The molecule has 0 bridgehead atoms. The molecule has 0 unspecified atom stereocenters. The highest BCUT2D eigenvalue weighted by atomic mass is 127. The minimum absolute atomic E-state index is 0. The van der Waals surface area contributed by atoms with Crippen molar-refractivity contribution in [1.82, 2.24) is 10.2 Å².